The van der Waals surface area contributed by atoms with E-state index in [4.69, 9.17) is 16.3 Å². The molecule has 0 aliphatic carbocycles. The predicted molar refractivity (Wildman–Crippen MR) is 72.6 cm³/mol. The van der Waals surface area contributed by atoms with Gasteiger partial charge < -0.3 is 9.64 Å². The Morgan fingerprint density at radius 3 is 2.82 bits per heavy atom. The molecule has 1 rings (SSSR count). The Bertz CT molecular complexity index is 411. The second-order valence-corrected chi connectivity index (χ2v) is 5.05. The van der Waals surface area contributed by atoms with Crippen LogP contribution in [-0.2, 0) is 4.74 Å². The third kappa shape index (κ3) is 3.44. The molecule has 1 aromatic rings. The number of carbonyl (C=O) groups is 1. The summed E-state index contributed by atoms with van der Waals surface area (Å²) in [6.07, 6.45) is 0. The highest BCUT2D eigenvalue weighted by molar-refractivity contribution is 9.10. The van der Waals surface area contributed by atoms with Gasteiger partial charge in [0.15, 0.2) is 0 Å². The smallest absolute Gasteiger partial charge is 0.255 e. The lowest BCUT2D eigenvalue weighted by Gasteiger charge is -2.24. The summed E-state index contributed by atoms with van der Waals surface area (Å²) in [5.74, 6) is -0.110. The van der Waals surface area contributed by atoms with Crippen LogP contribution < -0.4 is 0 Å². The van der Waals surface area contributed by atoms with Crippen LogP contribution in [0, 0.1) is 0 Å². The minimum atomic E-state index is -0.110. The average molecular weight is 321 g/mol. The fourth-order valence-electron chi connectivity index (χ4n) is 1.41. The van der Waals surface area contributed by atoms with Crippen LogP contribution in [0.1, 0.15) is 17.3 Å². The van der Waals surface area contributed by atoms with E-state index in [9.17, 15) is 4.79 Å². The maximum absolute atomic E-state index is 12.2. The third-order valence-electron chi connectivity index (χ3n) is 2.57. The number of carbonyl (C=O) groups excluding carboxylic acids is 1. The molecule has 1 aromatic carbocycles. The zero-order valence-electron chi connectivity index (χ0n) is 10.0. The van der Waals surface area contributed by atoms with Crippen molar-refractivity contribution >= 4 is 33.4 Å². The van der Waals surface area contributed by atoms with Crippen molar-refractivity contribution in [3.05, 3.63) is 33.3 Å². The molecular formula is C12H15BrClNO2. The van der Waals surface area contributed by atoms with Gasteiger partial charge in [-0.05, 0) is 35.0 Å². The first-order chi connectivity index (χ1) is 7.99. The van der Waals surface area contributed by atoms with E-state index < -0.39 is 0 Å². The lowest BCUT2D eigenvalue weighted by molar-refractivity contribution is 0.0633. The van der Waals surface area contributed by atoms with Crippen LogP contribution in [0.5, 0.6) is 0 Å². The van der Waals surface area contributed by atoms with Gasteiger partial charge in [0.1, 0.15) is 0 Å². The molecule has 0 bridgehead atoms. The van der Waals surface area contributed by atoms with Gasteiger partial charge in [0.25, 0.3) is 5.91 Å². The molecule has 94 valence electrons. The minimum Gasteiger partial charge on any atom is -0.383 e. The van der Waals surface area contributed by atoms with Crippen molar-refractivity contribution in [2.24, 2.45) is 0 Å². The zero-order chi connectivity index (χ0) is 13.0. The summed E-state index contributed by atoms with van der Waals surface area (Å²) in [6.45, 7) is 2.42. The van der Waals surface area contributed by atoms with E-state index in [-0.39, 0.29) is 11.9 Å². The highest BCUT2D eigenvalue weighted by atomic mass is 79.9. The van der Waals surface area contributed by atoms with Crippen molar-refractivity contribution in [1.82, 2.24) is 4.90 Å². The lowest BCUT2D eigenvalue weighted by Crippen LogP contribution is -2.37. The van der Waals surface area contributed by atoms with Gasteiger partial charge in [0.2, 0.25) is 0 Å². The van der Waals surface area contributed by atoms with Crippen molar-refractivity contribution in [3.8, 4) is 0 Å². The van der Waals surface area contributed by atoms with Crippen LogP contribution >= 0.6 is 27.5 Å². The maximum Gasteiger partial charge on any atom is 0.255 e. The monoisotopic (exact) mass is 319 g/mol. The highest BCUT2D eigenvalue weighted by Gasteiger charge is 2.20. The minimum absolute atomic E-state index is 0.00236. The molecule has 1 amide bonds. The van der Waals surface area contributed by atoms with Gasteiger partial charge in [-0.2, -0.15) is 0 Å². The molecule has 0 aliphatic rings. The fourth-order valence-corrected chi connectivity index (χ4v) is 1.99. The number of nitrogens with zero attached hydrogens (tertiary/aromatic N) is 1. The Balaban J connectivity index is 2.93. The van der Waals surface area contributed by atoms with Crippen molar-refractivity contribution in [2.75, 3.05) is 20.8 Å². The van der Waals surface area contributed by atoms with Gasteiger partial charge in [0, 0.05) is 18.6 Å². The quantitative estimate of drug-likeness (QED) is 0.852. The second kappa shape index (κ2) is 6.38. The van der Waals surface area contributed by atoms with E-state index in [2.05, 4.69) is 15.9 Å². The van der Waals surface area contributed by atoms with Crippen molar-refractivity contribution in [1.29, 1.82) is 0 Å². The van der Waals surface area contributed by atoms with E-state index in [1.165, 1.54) is 0 Å². The molecule has 0 saturated heterocycles. The van der Waals surface area contributed by atoms with Crippen molar-refractivity contribution in [3.63, 3.8) is 0 Å². The summed E-state index contributed by atoms with van der Waals surface area (Å²) in [6, 6.07) is 5.31. The number of hydrogen-bond donors (Lipinski definition) is 0. The van der Waals surface area contributed by atoms with E-state index in [1.54, 1.807) is 37.3 Å². The number of hydrogen-bond acceptors (Lipinski definition) is 2. The summed E-state index contributed by atoms with van der Waals surface area (Å²) < 4.78 is 5.75. The number of benzene rings is 1. The van der Waals surface area contributed by atoms with Crippen LogP contribution in [0.15, 0.2) is 22.7 Å². The van der Waals surface area contributed by atoms with E-state index in [0.717, 1.165) is 4.47 Å². The maximum atomic E-state index is 12.2. The van der Waals surface area contributed by atoms with Gasteiger partial charge >= 0.3 is 0 Å². The lowest BCUT2D eigenvalue weighted by atomic mass is 10.2. The SMILES string of the molecule is COCC(C)N(C)C(=O)c1cccc(Br)c1Cl. The van der Waals surface area contributed by atoms with Gasteiger partial charge in [0.05, 0.1) is 23.2 Å². The number of rotatable bonds is 4. The Kier molecular flexibility index (Phi) is 5.43. The first-order valence-corrected chi connectivity index (χ1v) is 6.36. The first-order valence-electron chi connectivity index (χ1n) is 5.19. The first kappa shape index (κ1) is 14.5. The Hall–Kier alpha value is -0.580. The standard InChI is InChI=1S/C12H15BrClNO2/c1-8(7-17-3)15(2)12(16)9-5-4-6-10(13)11(9)14/h4-6,8H,7H2,1-3H3. The van der Waals surface area contributed by atoms with Crippen LogP contribution in [0.2, 0.25) is 5.02 Å². The van der Waals surface area contributed by atoms with Crippen molar-refractivity contribution < 1.29 is 9.53 Å². The molecule has 0 spiro atoms. The largest absolute Gasteiger partial charge is 0.383 e. The molecule has 1 unspecified atom stereocenters. The Labute approximate surface area is 115 Å². The average Bonchev–Trinajstić information content (AvgIpc) is 2.31. The van der Waals surface area contributed by atoms with Crippen LogP contribution in [-0.4, -0.2) is 37.6 Å². The molecule has 0 heterocycles. The molecule has 0 radical (unpaired) electrons. The Morgan fingerprint density at radius 1 is 1.59 bits per heavy atom. The van der Waals surface area contributed by atoms with Gasteiger partial charge in [-0.3, -0.25) is 4.79 Å². The van der Waals surface area contributed by atoms with E-state index >= 15 is 0 Å². The molecule has 5 heteroatoms. The molecule has 0 fully saturated rings. The summed E-state index contributed by atoms with van der Waals surface area (Å²) in [4.78, 5) is 13.8. The summed E-state index contributed by atoms with van der Waals surface area (Å²) in [5, 5.41) is 0.439. The van der Waals surface area contributed by atoms with Crippen LogP contribution in [0.3, 0.4) is 0 Å². The predicted octanol–water partition coefficient (Wildman–Crippen LogP) is 3.21. The number of ether oxygens (including phenoxy) is 1. The third-order valence-corrected chi connectivity index (χ3v) is 3.87. The topological polar surface area (TPSA) is 29.5 Å². The molecule has 0 saturated carbocycles. The molecule has 3 nitrogen and oxygen atoms in total. The Morgan fingerprint density at radius 2 is 2.24 bits per heavy atom. The highest BCUT2D eigenvalue weighted by Crippen LogP contribution is 2.27. The summed E-state index contributed by atoms with van der Waals surface area (Å²) in [5.41, 5.74) is 0.492. The molecule has 0 N–H and O–H groups in total. The molecule has 0 aliphatic heterocycles. The molecule has 0 aromatic heterocycles. The molecular weight excluding hydrogens is 305 g/mol. The number of likely N-dealkylation sites (N-methyl/N-ethyl adjacent to an activating group) is 1. The molecule has 1 atom stereocenters. The van der Waals surface area contributed by atoms with E-state index in [0.29, 0.717) is 17.2 Å². The summed E-state index contributed by atoms with van der Waals surface area (Å²) >= 11 is 9.39. The zero-order valence-corrected chi connectivity index (χ0v) is 12.4. The van der Waals surface area contributed by atoms with Gasteiger partial charge in [-0.25, -0.2) is 0 Å². The number of methoxy groups -OCH3 is 1. The number of amides is 1. The van der Waals surface area contributed by atoms with Gasteiger partial charge in [-0.15, -0.1) is 0 Å². The van der Waals surface area contributed by atoms with Crippen molar-refractivity contribution in [2.45, 2.75) is 13.0 Å². The summed E-state index contributed by atoms with van der Waals surface area (Å²) in [7, 11) is 3.35. The second-order valence-electron chi connectivity index (χ2n) is 3.82. The number of halogens is 2. The molecule has 17 heavy (non-hydrogen) atoms. The van der Waals surface area contributed by atoms with Crippen LogP contribution in [0.4, 0.5) is 0 Å². The van der Waals surface area contributed by atoms with Crippen LogP contribution in [0.25, 0.3) is 0 Å². The van der Waals surface area contributed by atoms with E-state index in [1.807, 2.05) is 6.92 Å². The fraction of sp³-hybridized carbons (Fsp3) is 0.417. The normalized spacial score (nSPS) is 12.3. The van der Waals surface area contributed by atoms with Gasteiger partial charge in [-0.1, -0.05) is 17.7 Å².